The second-order valence-electron chi connectivity index (χ2n) is 7.46. The highest BCUT2D eigenvalue weighted by Crippen LogP contribution is 2.27. The van der Waals surface area contributed by atoms with Crippen LogP contribution in [0, 0.1) is 0 Å². The van der Waals surface area contributed by atoms with Crippen molar-refractivity contribution in [1.82, 2.24) is 29.2 Å². The Bertz CT molecular complexity index is 783. The third-order valence-corrected chi connectivity index (χ3v) is 5.66. The molecule has 1 saturated heterocycles. The van der Waals surface area contributed by atoms with E-state index >= 15 is 0 Å². The molecule has 0 bridgehead atoms. The van der Waals surface area contributed by atoms with E-state index in [1.165, 1.54) is 6.42 Å². The van der Waals surface area contributed by atoms with E-state index in [4.69, 9.17) is 4.74 Å². The standard InChI is InChI=1S/C19H28N6O2/c1-27-13-12-23-11-8-20-17(23)15-6-5-9-24(14-15)19(26)18-22-21-16-7-3-2-4-10-25(16)18/h8,11,15H,2-7,9-10,12-14H2,1H3/t15-/m1/s1. The van der Waals surface area contributed by atoms with Crippen LogP contribution in [0.4, 0.5) is 0 Å². The number of amides is 1. The largest absolute Gasteiger partial charge is 0.383 e. The SMILES string of the molecule is COCCn1ccnc1[C@@H]1CCCN(C(=O)c2nnc3n2CCCCC3)C1. The molecule has 8 nitrogen and oxygen atoms in total. The minimum Gasteiger partial charge on any atom is -0.383 e. The maximum atomic E-state index is 13.2. The number of aromatic nitrogens is 5. The number of rotatable bonds is 5. The van der Waals surface area contributed by atoms with E-state index in [0.29, 0.717) is 19.0 Å². The summed E-state index contributed by atoms with van der Waals surface area (Å²) in [5, 5.41) is 8.53. The fraction of sp³-hybridized carbons (Fsp3) is 0.684. The van der Waals surface area contributed by atoms with Gasteiger partial charge in [0.1, 0.15) is 11.6 Å². The van der Waals surface area contributed by atoms with E-state index < -0.39 is 0 Å². The first-order chi connectivity index (χ1) is 13.3. The zero-order valence-corrected chi connectivity index (χ0v) is 16.0. The Morgan fingerprint density at radius 3 is 3.04 bits per heavy atom. The molecule has 0 aromatic carbocycles. The van der Waals surface area contributed by atoms with Crippen molar-refractivity contribution in [1.29, 1.82) is 0 Å². The number of hydrogen-bond acceptors (Lipinski definition) is 5. The van der Waals surface area contributed by atoms with Crippen molar-refractivity contribution in [3.63, 3.8) is 0 Å². The van der Waals surface area contributed by atoms with Crippen LogP contribution in [-0.2, 0) is 24.2 Å². The summed E-state index contributed by atoms with van der Waals surface area (Å²) in [6, 6.07) is 0. The van der Waals surface area contributed by atoms with Crippen LogP contribution in [0.5, 0.6) is 0 Å². The summed E-state index contributed by atoms with van der Waals surface area (Å²) in [5.74, 6) is 2.77. The predicted molar refractivity (Wildman–Crippen MR) is 99.6 cm³/mol. The number of piperidine rings is 1. The number of methoxy groups -OCH3 is 1. The van der Waals surface area contributed by atoms with Gasteiger partial charge in [-0.2, -0.15) is 0 Å². The quantitative estimate of drug-likeness (QED) is 0.801. The number of likely N-dealkylation sites (tertiary alicyclic amines) is 1. The number of carbonyl (C=O) groups is 1. The molecule has 146 valence electrons. The van der Waals surface area contributed by atoms with Gasteiger partial charge >= 0.3 is 0 Å². The lowest BCUT2D eigenvalue weighted by molar-refractivity contribution is 0.0684. The summed E-state index contributed by atoms with van der Waals surface area (Å²) in [7, 11) is 1.71. The summed E-state index contributed by atoms with van der Waals surface area (Å²) in [6.07, 6.45) is 10.2. The van der Waals surface area contributed by atoms with Crippen LogP contribution >= 0.6 is 0 Å². The van der Waals surface area contributed by atoms with Gasteiger partial charge in [-0.05, 0) is 25.7 Å². The molecule has 1 atom stereocenters. The van der Waals surface area contributed by atoms with Gasteiger partial charge in [0.2, 0.25) is 5.82 Å². The number of hydrogen-bond donors (Lipinski definition) is 0. The van der Waals surface area contributed by atoms with Gasteiger partial charge in [0, 0.05) is 58.0 Å². The first-order valence-electron chi connectivity index (χ1n) is 9.99. The number of fused-ring (bicyclic) bond motifs is 1. The Morgan fingerprint density at radius 2 is 2.15 bits per heavy atom. The van der Waals surface area contributed by atoms with E-state index in [1.807, 2.05) is 21.9 Å². The zero-order chi connectivity index (χ0) is 18.6. The molecule has 0 N–H and O–H groups in total. The van der Waals surface area contributed by atoms with Crippen LogP contribution < -0.4 is 0 Å². The van der Waals surface area contributed by atoms with Gasteiger partial charge in [-0.25, -0.2) is 4.98 Å². The molecule has 27 heavy (non-hydrogen) atoms. The van der Waals surface area contributed by atoms with Crippen LogP contribution in [0.1, 0.15) is 60.3 Å². The summed E-state index contributed by atoms with van der Waals surface area (Å²) >= 11 is 0. The molecule has 4 heterocycles. The zero-order valence-electron chi connectivity index (χ0n) is 16.0. The van der Waals surface area contributed by atoms with Crippen LogP contribution in [0.3, 0.4) is 0 Å². The molecular weight excluding hydrogens is 344 g/mol. The average Bonchev–Trinajstić information content (AvgIpc) is 3.27. The van der Waals surface area contributed by atoms with Crippen molar-refractivity contribution in [3.8, 4) is 0 Å². The van der Waals surface area contributed by atoms with E-state index in [2.05, 4.69) is 19.7 Å². The maximum Gasteiger partial charge on any atom is 0.291 e. The van der Waals surface area contributed by atoms with E-state index in [1.54, 1.807) is 7.11 Å². The van der Waals surface area contributed by atoms with E-state index in [-0.39, 0.29) is 11.8 Å². The number of aryl methyl sites for hydroxylation is 1. The maximum absolute atomic E-state index is 13.2. The number of nitrogens with zero attached hydrogens (tertiary/aromatic N) is 6. The van der Waals surface area contributed by atoms with Crippen molar-refractivity contribution in [2.45, 2.75) is 57.5 Å². The van der Waals surface area contributed by atoms with Gasteiger partial charge in [-0.1, -0.05) is 6.42 Å². The van der Waals surface area contributed by atoms with Gasteiger partial charge in [-0.3, -0.25) is 4.79 Å². The highest BCUT2D eigenvalue weighted by atomic mass is 16.5. The van der Waals surface area contributed by atoms with E-state index in [9.17, 15) is 4.79 Å². The minimum atomic E-state index is 0.00958. The molecule has 0 radical (unpaired) electrons. The molecule has 1 amide bonds. The molecule has 2 aliphatic heterocycles. The smallest absolute Gasteiger partial charge is 0.291 e. The minimum absolute atomic E-state index is 0.00958. The summed E-state index contributed by atoms with van der Waals surface area (Å²) in [5.41, 5.74) is 0. The highest BCUT2D eigenvalue weighted by Gasteiger charge is 2.31. The fourth-order valence-electron chi connectivity index (χ4n) is 4.22. The molecule has 0 saturated carbocycles. The van der Waals surface area contributed by atoms with Gasteiger partial charge in [0.25, 0.3) is 5.91 Å². The molecule has 8 heteroatoms. The molecule has 0 spiro atoms. The van der Waals surface area contributed by atoms with Crippen LogP contribution in [-0.4, -0.2) is 61.9 Å². The number of ether oxygens (including phenoxy) is 1. The van der Waals surface area contributed by atoms with Crippen molar-refractivity contribution >= 4 is 5.91 Å². The van der Waals surface area contributed by atoms with Crippen LogP contribution in [0.25, 0.3) is 0 Å². The third kappa shape index (κ3) is 3.76. The monoisotopic (exact) mass is 372 g/mol. The van der Waals surface area contributed by atoms with Gasteiger partial charge in [0.05, 0.1) is 6.61 Å². The third-order valence-electron chi connectivity index (χ3n) is 5.66. The van der Waals surface area contributed by atoms with Gasteiger partial charge < -0.3 is 18.8 Å². The van der Waals surface area contributed by atoms with Crippen molar-refractivity contribution in [3.05, 3.63) is 29.9 Å². The summed E-state index contributed by atoms with van der Waals surface area (Å²) < 4.78 is 9.38. The predicted octanol–water partition coefficient (Wildman–Crippen LogP) is 1.87. The lowest BCUT2D eigenvalue weighted by Gasteiger charge is -2.32. The first-order valence-corrected chi connectivity index (χ1v) is 9.99. The van der Waals surface area contributed by atoms with Crippen molar-refractivity contribution in [2.24, 2.45) is 0 Å². The van der Waals surface area contributed by atoms with Crippen LogP contribution in [0.2, 0.25) is 0 Å². The highest BCUT2D eigenvalue weighted by molar-refractivity contribution is 5.90. The van der Waals surface area contributed by atoms with Crippen molar-refractivity contribution < 1.29 is 9.53 Å². The molecule has 1 fully saturated rings. The Hall–Kier alpha value is -2.22. The fourth-order valence-corrected chi connectivity index (χ4v) is 4.22. The lowest BCUT2D eigenvalue weighted by Crippen LogP contribution is -2.41. The van der Waals surface area contributed by atoms with Crippen molar-refractivity contribution in [2.75, 3.05) is 26.8 Å². The first kappa shape index (κ1) is 18.2. The topological polar surface area (TPSA) is 78.1 Å². The summed E-state index contributed by atoms with van der Waals surface area (Å²) in [6.45, 7) is 3.75. The number of imidazole rings is 1. The Morgan fingerprint density at radius 1 is 1.22 bits per heavy atom. The van der Waals surface area contributed by atoms with Crippen LogP contribution in [0.15, 0.2) is 12.4 Å². The Balaban J connectivity index is 1.49. The molecule has 4 rings (SSSR count). The summed E-state index contributed by atoms with van der Waals surface area (Å²) in [4.78, 5) is 19.7. The molecule has 0 unspecified atom stereocenters. The second kappa shape index (κ2) is 8.21. The lowest BCUT2D eigenvalue weighted by atomic mass is 9.97. The van der Waals surface area contributed by atoms with Gasteiger partial charge in [0.15, 0.2) is 0 Å². The molecular formula is C19H28N6O2. The normalized spacial score (nSPS) is 20.3. The number of carbonyl (C=O) groups excluding carboxylic acids is 1. The average molecular weight is 372 g/mol. The van der Waals surface area contributed by atoms with E-state index in [0.717, 1.165) is 63.4 Å². The molecule has 0 aliphatic carbocycles. The Kier molecular flexibility index (Phi) is 5.52. The molecule has 2 aromatic heterocycles. The second-order valence-corrected chi connectivity index (χ2v) is 7.46. The van der Waals surface area contributed by atoms with Gasteiger partial charge in [-0.15, -0.1) is 10.2 Å². The molecule has 2 aliphatic rings. The Labute approximate surface area is 159 Å². The molecule has 2 aromatic rings.